The van der Waals surface area contributed by atoms with E-state index in [1.54, 1.807) is 6.07 Å². The Morgan fingerprint density at radius 1 is 0.939 bits per heavy atom. The van der Waals surface area contributed by atoms with E-state index in [2.05, 4.69) is 19.2 Å². The van der Waals surface area contributed by atoms with E-state index in [1.165, 1.54) is 0 Å². The lowest BCUT2D eigenvalue weighted by Crippen LogP contribution is -2.35. The van der Waals surface area contributed by atoms with E-state index in [-0.39, 0.29) is 6.04 Å². The number of aromatic carboxylic acids is 1. The molecule has 0 bridgehead atoms. The van der Waals surface area contributed by atoms with E-state index in [4.69, 9.17) is 4.74 Å². The fourth-order valence-electron chi connectivity index (χ4n) is 3.84. The quantitative estimate of drug-likeness (QED) is 0.346. The zero-order chi connectivity index (χ0) is 23.8. The van der Waals surface area contributed by atoms with Gasteiger partial charge in [-0.25, -0.2) is 4.79 Å². The van der Waals surface area contributed by atoms with E-state index in [9.17, 15) is 15.0 Å². The Hall–Kier alpha value is -3.15. The van der Waals surface area contributed by atoms with Gasteiger partial charge in [-0.15, -0.1) is 0 Å². The summed E-state index contributed by atoms with van der Waals surface area (Å²) in [6.07, 6.45) is 0.153. The number of benzene rings is 3. The molecule has 2 atom stereocenters. The smallest absolute Gasteiger partial charge is 0.335 e. The highest BCUT2D eigenvalue weighted by Crippen LogP contribution is 2.26. The molecule has 0 fully saturated rings. The number of carbonyl (C=O) groups is 1. The molecular weight excluding hydrogens is 414 g/mol. The van der Waals surface area contributed by atoms with Gasteiger partial charge in [0.15, 0.2) is 0 Å². The number of hydrogen-bond donors (Lipinski definition) is 3. The molecule has 0 unspecified atom stereocenters. The van der Waals surface area contributed by atoms with Crippen molar-refractivity contribution in [2.45, 2.75) is 39.3 Å². The molecule has 0 heterocycles. The Morgan fingerprint density at radius 2 is 1.61 bits per heavy atom. The van der Waals surface area contributed by atoms with Crippen molar-refractivity contribution in [3.8, 4) is 16.9 Å². The molecule has 0 saturated carbocycles. The number of aliphatic hydroxyl groups is 1. The van der Waals surface area contributed by atoms with Gasteiger partial charge in [0.1, 0.15) is 12.4 Å². The van der Waals surface area contributed by atoms with Crippen molar-refractivity contribution < 1.29 is 19.7 Å². The maximum Gasteiger partial charge on any atom is 0.335 e. The normalized spacial score (nSPS) is 13.0. The standard InChI is InChI=1S/C28H33NO4/c1-19(2)17-24-18-23(11-14-26(24)28(31)32)21-9-12-25(13-10-21)33-16-15-29-20(3)27(30)22-7-5-4-6-8-22/h4-14,18-20,27,29-30H,15-17H2,1-3H3,(H,31,32)/t20-,27-/m0/s1. The van der Waals surface area contributed by atoms with Crippen LogP contribution in [0.2, 0.25) is 0 Å². The van der Waals surface area contributed by atoms with Gasteiger partial charge in [-0.1, -0.05) is 68.4 Å². The molecule has 174 valence electrons. The lowest BCUT2D eigenvalue weighted by atomic mass is 9.93. The Labute approximate surface area is 196 Å². The van der Waals surface area contributed by atoms with Gasteiger partial charge in [0.2, 0.25) is 0 Å². The van der Waals surface area contributed by atoms with Gasteiger partial charge in [-0.2, -0.15) is 0 Å². The van der Waals surface area contributed by atoms with E-state index in [0.717, 1.165) is 34.4 Å². The Morgan fingerprint density at radius 3 is 2.24 bits per heavy atom. The predicted octanol–water partition coefficient (Wildman–Crippen LogP) is 5.34. The summed E-state index contributed by atoms with van der Waals surface area (Å²) < 4.78 is 5.84. The topological polar surface area (TPSA) is 78.8 Å². The molecule has 5 nitrogen and oxygen atoms in total. The highest BCUT2D eigenvalue weighted by Gasteiger charge is 2.15. The van der Waals surface area contributed by atoms with Crippen molar-refractivity contribution in [3.05, 3.63) is 89.5 Å². The third-order valence-corrected chi connectivity index (χ3v) is 5.60. The van der Waals surface area contributed by atoms with E-state index in [1.807, 2.05) is 73.7 Å². The maximum atomic E-state index is 11.5. The van der Waals surface area contributed by atoms with Gasteiger partial charge in [0.05, 0.1) is 11.7 Å². The molecule has 0 aliphatic rings. The first-order valence-corrected chi connectivity index (χ1v) is 11.4. The largest absolute Gasteiger partial charge is 0.492 e. The van der Waals surface area contributed by atoms with Gasteiger partial charge in [0, 0.05) is 12.6 Å². The molecule has 0 aromatic heterocycles. The molecule has 0 aliphatic heterocycles. The van der Waals surface area contributed by atoms with Crippen LogP contribution in [0.1, 0.15) is 48.4 Å². The SMILES string of the molecule is CC(C)Cc1cc(-c2ccc(OCCN[C@@H](C)[C@H](O)c3ccccc3)cc2)ccc1C(=O)O. The predicted molar refractivity (Wildman–Crippen MR) is 132 cm³/mol. The number of hydrogen-bond acceptors (Lipinski definition) is 4. The molecule has 33 heavy (non-hydrogen) atoms. The summed E-state index contributed by atoms with van der Waals surface area (Å²) >= 11 is 0. The van der Waals surface area contributed by atoms with E-state index < -0.39 is 12.1 Å². The molecule has 3 rings (SSSR count). The highest BCUT2D eigenvalue weighted by molar-refractivity contribution is 5.90. The minimum atomic E-state index is -0.889. The zero-order valence-corrected chi connectivity index (χ0v) is 19.5. The minimum Gasteiger partial charge on any atom is -0.492 e. The summed E-state index contributed by atoms with van der Waals surface area (Å²) in [6.45, 7) is 7.22. The van der Waals surface area contributed by atoms with Crippen LogP contribution >= 0.6 is 0 Å². The second kappa shape index (κ2) is 11.6. The van der Waals surface area contributed by atoms with E-state index >= 15 is 0 Å². The lowest BCUT2D eigenvalue weighted by Gasteiger charge is -2.20. The number of carboxylic acids is 1. The summed E-state index contributed by atoms with van der Waals surface area (Å²) in [4.78, 5) is 11.5. The minimum absolute atomic E-state index is 0.0906. The molecular formula is C28H33NO4. The average Bonchev–Trinajstić information content (AvgIpc) is 2.81. The van der Waals surface area contributed by atoms with Crippen molar-refractivity contribution >= 4 is 5.97 Å². The van der Waals surface area contributed by atoms with Crippen LogP contribution in [0.5, 0.6) is 5.75 Å². The molecule has 3 N–H and O–H groups in total. The summed E-state index contributed by atoms with van der Waals surface area (Å²) in [5, 5.41) is 23.2. The number of nitrogens with one attached hydrogen (secondary N) is 1. The Balaban J connectivity index is 1.54. The first-order chi connectivity index (χ1) is 15.8. The van der Waals surface area contributed by atoms with Crippen LogP contribution in [-0.4, -0.2) is 35.4 Å². The van der Waals surface area contributed by atoms with Crippen LogP contribution in [0, 0.1) is 5.92 Å². The molecule has 0 amide bonds. The van der Waals surface area contributed by atoms with Crippen LogP contribution in [-0.2, 0) is 6.42 Å². The molecule has 0 saturated heterocycles. The summed E-state index contributed by atoms with van der Waals surface area (Å²) in [7, 11) is 0. The van der Waals surface area contributed by atoms with Crippen molar-refractivity contribution in [1.29, 1.82) is 0 Å². The monoisotopic (exact) mass is 447 g/mol. The average molecular weight is 448 g/mol. The Kier molecular flexibility index (Phi) is 8.64. The van der Waals surface area contributed by atoms with Gasteiger partial charge in [-0.05, 0) is 59.7 Å². The number of aliphatic hydroxyl groups excluding tert-OH is 1. The second-order valence-electron chi connectivity index (χ2n) is 8.75. The first-order valence-electron chi connectivity index (χ1n) is 11.4. The second-order valence-corrected chi connectivity index (χ2v) is 8.75. The van der Waals surface area contributed by atoms with Gasteiger partial charge in [0.25, 0.3) is 0 Å². The van der Waals surface area contributed by atoms with Crippen molar-refractivity contribution in [2.24, 2.45) is 5.92 Å². The van der Waals surface area contributed by atoms with Crippen LogP contribution in [0.3, 0.4) is 0 Å². The number of ether oxygens (including phenoxy) is 1. The van der Waals surface area contributed by atoms with Crippen LogP contribution in [0.4, 0.5) is 0 Å². The summed E-state index contributed by atoms with van der Waals surface area (Å²) in [5.41, 5.74) is 4.12. The van der Waals surface area contributed by atoms with Crippen LogP contribution < -0.4 is 10.1 Å². The van der Waals surface area contributed by atoms with Crippen LogP contribution in [0.25, 0.3) is 11.1 Å². The number of rotatable bonds is 11. The third kappa shape index (κ3) is 6.91. The fraction of sp³-hybridized carbons (Fsp3) is 0.321. The van der Waals surface area contributed by atoms with Crippen molar-refractivity contribution in [2.75, 3.05) is 13.2 Å². The van der Waals surface area contributed by atoms with Gasteiger partial charge in [-0.3, -0.25) is 0 Å². The molecule has 5 heteroatoms. The zero-order valence-electron chi connectivity index (χ0n) is 19.5. The number of carboxylic acid groups (broad SMARTS) is 1. The summed E-state index contributed by atoms with van der Waals surface area (Å²) in [6, 6.07) is 22.9. The third-order valence-electron chi connectivity index (χ3n) is 5.60. The highest BCUT2D eigenvalue weighted by atomic mass is 16.5. The van der Waals surface area contributed by atoms with Gasteiger partial charge < -0.3 is 20.3 Å². The molecule has 0 radical (unpaired) electrons. The molecule has 3 aromatic rings. The van der Waals surface area contributed by atoms with Crippen molar-refractivity contribution in [1.82, 2.24) is 5.32 Å². The molecule has 0 aliphatic carbocycles. The van der Waals surface area contributed by atoms with Crippen molar-refractivity contribution in [3.63, 3.8) is 0 Å². The van der Waals surface area contributed by atoms with E-state index in [0.29, 0.717) is 24.6 Å². The lowest BCUT2D eigenvalue weighted by molar-refractivity contribution is 0.0695. The van der Waals surface area contributed by atoms with Gasteiger partial charge >= 0.3 is 5.97 Å². The fourth-order valence-corrected chi connectivity index (χ4v) is 3.84. The molecule has 0 spiro atoms. The molecule has 3 aromatic carbocycles. The Bertz CT molecular complexity index is 1030. The van der Waals surface area contributed by atoms with Crippen LogP contribution in [0.15, 0.2) is 72.8 Å². The first kappa shape index (κ1) is 24.5. The maximum absolute atomic E-state index is 11.5. The summed E-state index contributed by atoms with van der Waals surface area (Å²) in [5.74, 6) is 0.251.